The third-order valence-electron chi connectivity index (χ3n) is 1.68. The van der Waals surface area contributed by atoms with Crippen molar-refractivity contribution in [2.24, 2.45) is 0 Å². The van der Waals surface area contributed by atoms with Crippen LogP contribution in [-0.2, 0) is 9.30 Å². The van der Waals surface area contributed by atoms with Gasteiger partial charge in [0.2, 0.25) is 0 Å². The molecule has 1 atom stereocenters. The van der Waals surface area contributed by atoms with Gasteiger partial charge in [0.15, 0.2) is 0 Å². The minimum atomic E-state index is -2.69. The molecule has 0 aliphatic carbocycles. The van der Waals surface area contributed by atoms with Gasteiger partial charge in [-0.25, -0.2) is 0 Å². The summed E-state index contributed by atoms with van der Waals surface area (Å²) in [6.45, 7) is 5.40. The Morgan fingerprint density at radius 1 is 1.27 bits per heavy atom. The lowest BCUT2D eigenvalue weighted by atomic mass is 10.3. The van der Waals surface area contributed by atoms with Crippen molar-refractivity contribution in [1.82, 2.24) is 0 Å². The highest BCUT2D eigenvalue weighted by molar-refractivity contribution is 7.58. The van der Waals surface area contributed by atoms with Crippen molar-refractivity contribution < 1.29 is 13.8 Å². The monoisotopic (exact) mass is 228 g/mol. The second kappa shape index (κ2) is 5.34. The van der Waals surface area contributed by atoms with Gasteiger partial charge < -0.3 is 9.26 Å². The molecule has 4 heteroatoms. The molecular weight excluding hydrogens is 211 g/mol. The van der Waals surface area contributed by atoms with Crippen LogP contribution in [-0.4, -0.2) is 19.1 Å². The van der Waals surface area contributed by atoms with Crippen molar-refractivity contribution in [3.05, 3.63) is 30.3 Å². The number of hydrogen-bond acceptors (Lipinski definition) is 3. The fourth-order valence-corrected chi connectivity index (χ4v) is 2.20. The van der Waals surface area contributed by atoms with Gasteiger partial charge in [-0.1, -0.05) is 18.2 Å². The summed E-state index contributed by atoms with van der Waals surface area (Å²) in [5, 5.41) is 0. The fraction of sp³-hybridized carbons (Fsp3) is 0.455. The average molecular weight is 228 g/mol. The van der Waals surface area contributed by atoms with Crippen LogP contribution in [0.1, 0.15) is 13.8 Å². The number of benzene rings is 1. The van der Waals surface area contributed by atoms with Gasteiger partial charge in [-0.15, -0.1) is 0 Å². The summed E-state index contributed by atoms with van der Waals surface area (Å²) in [7, 11) is -2.69. The lowest BCUT2D eigenvalue weighted by molar-refractivity contribution is 0.110. The molecule has 0 aromatic heterocycles. The first kappa shape index (κ1) is 12.3. The third-order valence-corrected chi connectivity index (χ3v) is 2.90. The zero-order valence-electron chi connectivity index (χ0n) is 9.34. The van der Waals surface area contributed by atoms with Crippen molar-refractivity contribution in [2.45, 2.75) is 20.0 Å². The molecule has 0 bridgehead atoms. The largest absolute Gasteiger partial charge is 0.441 e. The van der Waals surface area contributed by atoms with Crippen LogP contribution < -0.4 is 4.52 Å². The Labute approximate surface area is 90.9 Å². The van der Waals surface area contributed by atoms with Crippen molar-refractivity contribution in [3.63, 3.8) is 0 Å². The number of para-hydroxylation sites is 1. The molecule has 1 rings (SSSR count). The third kappa shape index (κ3) is 5.01. The molecule has 0 aliphatic rings. The molecule has 1 aromatic carbocycles. The van der Waals surface area contributed by atoms with E-state index in [1.165, 1.54) is 0 Å². The standard InChI is InChI=1S/C11H17O3P/c1-10(2)13-9-15(3,12)14-11-7-5-4-6-8-11/h4-8,10H,9H2,1-3H3. The molecule has 0 radical (unpaired) electrons. The topological polar surface area (TPSA) is 35.5 Å². The first-order valence-electron chi connectivity index (χ1n) is 4.92. The summed E-state index contributed by atoms with van der Waals surface area (Å²) in [5.41, 5.74) is 0. The van der Waals surface area contributed by atoms with Crippen LogP contribution >= 0.6 is 7.37 Å². The second-order valence-electron chi connectivity index (χ2n) is 3.76. The minimum Gasteiger partial charge on any atom is -0.441 e. The van der Waals surface area contributed by atoms with Crippen molar-refractivity contribution in [1.29, 1.82) is 0 Å². The Bertz CT molecular complexity index is 335. The number of rotatable bonds is 5. The molecule has 15 heavy (non-hydrogen) atoms. The maximum atomic E-state index is 11.9. The molecule has 0 amide bonds. The Balaban J connectivity index is 2.53. The Morgan fingerprint density at radius 2 is 1.87 bits per heavy atom. The molecule has 0 fully saturated rings. The molecule has 1 aromatic rings. The maximum absolute atomic E-state index is 11.9. The number of ether oxygens (including phenoxy) is 1. The normalized spacial score (nSPS) is 14.9. The highest BCUT2D eigenvalue weighted by Gasteiger charge is 2.18. The SMILES string of the molecule is CC(C)OCP(C)(=O)Oc1ccccc1. The Morgan fingerprint density at radius 3 is 2.40 bits per heavy atom. The summed E-state index contributed by atoms with van der Waals surface area (Å²) in [4.78, 5) is 0. The van der Waals surface area contributed by atoms with Crippen LogP contribution in [0.25, 0.3) is 0 Å². The lowest BCUT2D eigenvalue weighted by Crippen LogP contribution is -2.06. The molecule has 3 nitrogen and oxygen atoms in total. The zero-order chi connectivity index (χ0) is 11.3. The molecular formula is C11H17O3P. The molecule has 0 spiro atoms. The van der Waals surface area contributed by atoms with E-state index in [9.17, 15) is 4.57 Å². The molecule has 0 saturated heterocycles. The molecule has 1 unspecified atom stereocenters. The Kier molecular flexibility index (Phi) is 4.37. The van der Waals surface area contributed by atoms with Crippen LogP contribution in [0.3, 0.4) is 0 Å². The van der Waals surface area contributed by atoms with Crippen molar-refractivity contribution in [3.8, 4) is 5.75 Å². The van der Waals surface area contributed by atoms with Gasteiger partial charge in [0.25, 0.3) is 7.37 Å². The predicted molar refractivity (Wildman–Crippen MR) is 61.7 cm³/mol. The van der Waals surface area contributed by atoms with E-state index in [4.69, 9.17) is 9.26 Å². The van der Waals surface area contributed by atoms with Crippen LogP contribution in [0.4, 0.5) is 0 Å². The van der Waals surface area contributed by atoms with E-state index in [-0.39, 0.29) is 12.5 Å². The quantitative estimate of drug-likeness (QED) is 0.725. The van der Waals surface area contributed by atoms with Gasteiger partial charge in [0, 0.05) is 6.66 Å². The molecule has 0 saturated carbocycles. The number of hydrogen-bond donors (Lipinski definition) is 0. The molecule has 84 valence electrons. The van der Waals surface area contributed by atoms with Crippen LogP contribution in [0.15, 0.2) is 30.3 Å². The second-order valence-corrected chi connectivity index (χ2v) is 6.23. The van der Waals surface area contributed by atoms with E-state index < -0.39 is 7.37 Å². The Hall–Kier alpha value is -0.790. The van der Waals surface area contributed by atoms with E-state index in [0.29, 0.717) is 5.75 Å². The fourth-order valence-electron chi connectivity index (χ4n) is 1.02. The summed E-state index contributed by atoms with van der Waals surface area (Å²) in [6, 6.07) is 9.15. The van der Waals surface area contributed by atoms with E-state index >= 15 is 0 Å². The van der Waals surface area contributed by atoms with Crippen molar-refractivity contribution >= 4 is 7.37 Å². The van der Waals surface area contributed by atoms with Crippen molar-refractivity contribution in [2.75, 3.05) is 13.0 Å². The molecule has 0 heterocycles. The summed E-state index contributed by atoms with van der Waals surface area (Å²) < 4.78 is 22.6. The predicted octanol–water partition coefficient (Wildman–Crippen LogP) is 3.36. The average Bonchev–Trinajstić information content (AvgIpc) is 2.16. The van der Waals surface area contributed by atoms with E-state index in [1.54, 1.807) is 18.8 Å². The van der Waals surface area contributed by atoms with Gasteiger partial charge >= 0.3 is 0 Å². The van der Waals surface area contributed by atoms with E-state index in [2.05, 4.69) is 0 Å². The lowest BCUT2D eigenvalue weighted by Gasteiger charge is -2.16. The first-order chi connectivity index (χ1) is 6.99. The molecule has 0 N–H and O–H groups in total. The minimum absolute atomic E-state index is 0.0673. The van der Waals surface area contributed by atoms with Gasteiger partial charge in [-0.3, -0.25) is 4.57 Å². The van der Waals surface area contributed by atoms with Gasteiger partial charge in [0.05, 0.1) is 6.10 Å². The van der Waals surface area contributed by atoms with E-state index in [1.807, 2.05) is 32.0 Å². The van der Waals surface area contributed by atoms with Crippen LogP contribution in [0.2, 0.25) is 0 Å². The highest BCUT2D eigenvalue weighted by atomic mass is 31.2. The van der Waals surface area contributed by atoms with Crippen LogP contribution in [0, 0.1) is 0 Å². The van der Waals surface area contributed by atoms with Gasteiger partial charge in [-0.2, -0.15) is 0 Å². The van der Waals surface area contributed by atoms with Gasteiger partial charge in [0.1, 0.15) is 12.1 Å². The van der Waals surface area contributed by atoms with Crippen LogP contribution in [0.5, 0.6) is 5.75 Å². The molecule has 0 aliphatic heterocycles. The summed E-state index contributed by atoms with van der Waals surface area (Å²) in [5.74, 6) is 0.621. The maximum Gasteiger partial charge on any atom is 0.269 e. The summed E-state index contributed by atoms with van der Waals surface area (Å²) >= 11 is 0. The smallest absolute Gasteiger partial charge is 0.269 e. The van der Waals surface area contributed by atoms with E-state index in [0.717, 1.165) is 0 Å². The van der Waals surface area contributed by atoms with Gasteiger partial charge in [-0.05, 0) is 26.0 Å². The zero-order valence-corrected chi connectivity index (χ0v) is 10.2. The highest BCUT2D eigenvalue weighted by Crippen LogP contribution is 2.43. The summed E-state index contributed by atoms with van der Waals surface area (Å²) in [6.07, 6.45) is 0.220. The first-order valence-corrected chi connectivity index (χ1v) is 7.18.